The Bertz CT molecular complexity index is 999. The molecule has 3 rings (SSSR count). The van der Waals surface area contributed by atoms with E-state index in [1.165, 1.54) is 6.07 Å². The second-order valence-corrected chi connectivity index (χ2v) is 5.95. The molecular formula is C23H21FN2O2. The van der Waals surface area contributed by atoms with Crippen LogP contribution in [0.5, 0.6) is 11.5 Å². The first-order chi connectivity index (χ1) is 13.7. The smallest absolute Gasteiger partial charge is 0.168 e. The molecule has 28 heavy (non-hydrogen) atoms. The number of nitrogens with zero attached hydrogens (tertiary/aromatic N) is 1. The number of ether oxygens (including phenoxy) is 2. The third-order valence-electron chi connectivity index (χ3n) is 4.07. The highest BCUT2D eigenvalue weighted by Crippen LogP contribution is 2.33. The molecule has 0 heterocycles. The van der Waals surface area contributed by atoms with Crippen LogP contribution in [0.1, 0.15) is 11.1 Å². The van der Waals surface area contributed by atoms with Crippen molar-refractivity contribution in [3.8, 4) is 11.5 Å². The maximum atomic E-state index is 13.9. The molecular weight excluding hydrogens is 355 g/mol. The summed E-state index contributed by atoms with van der Waals surface area (Å²) in [4.78, 5) is 4.34. The fraction of sp³-hybridized carbons (Fsp3) is 0.0870. The topological polar surface area (TPSA) is 56.8 Å². The number of benzene rings is 3. The standard InChI is InChI=1S/C23H21FN2O2/c1-27-22-14-6-9-17(10-7-15-26-21-13-5-4-12-20(21)25)23(22)28-16-18-8-2-3-11-19(18)24/h2-15H,16,25H2,1H3/b10-7+,26-15?. The molecule has 0 amide bonds. The van der Waals surface area contributed by atoms with Crippen molar-refractivity contribution in [3.05, 3.63) is 89.8 Å². The molecule has 0 aliphatic heterocycles. The monoisotopic (exact) mass is 376 g/mol. The maximum Gasteiger partial charge on any atom is 0.168 e. The predicted octanol–water partition coefficient (Wildman–Crippen LogP) is 5.41. The van der Waals surface area contributed by atoms with Crippen LogP contribution >= 0.6 is 0 Å². The Labute approximate surface area is 163 Å². The Balaban J connectivity index is 1.79. The van der Waals surface area contributed by atoms with Gasteiger partial charge in [-0.3, -0.25) is 4.99 Å². The molecule has 0 aliphatic rings. The lowest BCUT2D eigenvalue weighted by Gasteiger charge is -2.13. The number of aliphatic imine (C=N–C) groups is 1. The van der Waals surface area contributed by atoms with Crippen LogP contribution in [0.4, 0.5) is 15.8 Å². The molecule has 0 unspecified atom stereocenters. The molecule has 5 heteroatoms. The minimum absolute atomic E-state index is 0.0997. The van der Waals surface area contributed by atoms with Gasteiger partial charge >= 0.3 is 0 Å². The van der Waals surface area contributed by atoms with Gasteiger partial charge in [0.15, 0.2) is 11.5 Å². The van der Waals surface area contributed by atoms with Crippen molar-refractivity contribution in [2.75, 3.05) is 12.8 Å². The summed E-state index contributed by atoms with van der Waals surface area (Å²) in [5, 5.41) is 0. The van der Waals surface area contributed by atoms with Crippen molar-refractivity contribution in [2.45, 2.75) is 6.61 Å². The Kier molecular flexibility index (Phi) is 6.41. The number of hydrogen-bond donors (Lipinski definition) is 1. The summed E-state index contributed by atoms with van der Waals surface area (Å²) in [6, 6.07) is 19.5. The molecule has 3 aromatic carbocycles. The van der Waals surface area contributed by atoms with Crippen molar-refractivity contribution in [2.24, 2.45) is 4.99 Å². The number of nitrogens with two attached hydrogens (primary N) is 1. The lowest BCUT2D eigenvalue weighted by atomic mass is 10.1. The number of anilines is 1. The first kappa shape index (κ1) is 19.2. The van der Waals surface area contributed by atoms with Gasteiger partial charge in [-0.1, -0.05) is 42.5 Å². The third kappa shape index (κ3) is 4.76. The van der Waals surface area contributed by atoms with Crippen LogP contribution in [0, 0.1) is 5.82 Å². The van der Waals surface area contributed by atoms with Crippen molar-refractivity contribution in [3.63, 3.8) is 0 Å². The van der Waals surface area contributed by atoms with Gasteiger partial charge in [-0.05, 0) is 36.4 Å². The highest BCUT2D eigenvalue weighted by molar-refractivity contribution is 5.83. The number of hydrogen-bond acceptors (Lipinski definition) is 4. The van der Waals surface area contributed by atoms with Crippen LogP contribution in [-0.2, 0) is 6.61 Å². The zero-order valence-corrected chi connectivity index (χ0v) is 15.5. The van der Waals surface area contributed by atoms with Gasteiger partial charge in [-0.15, -0.1) is 0 Å². The molecule has 0 aliphatic carbocycles. The van der Waals surface area contributed by atoms with E-state index in [2.05, 4.69) is 4.99 Å². The van der Waals surface area contributed by atoms with Crippen LogP contribution in [0.15, 0.2) is 77.8 Å². The largest absolute Gasteiger partial charge is 0.493 e. The zero-order chi connectivity index (χ0) is 19.8. The lowest BCUT2D eigenvalue weighted by Crippen LogP contribution is -2.01. The Morgan fingerprint density at radius 1 is 1.00 bits per heavy atom. The van der Waals surface area contributed by atoms with Gasteiger partial charge in [0.25, 0.3) is 0 Å². The van der Waals surface area contributed by atoms with Crippen LogP contribution in [0.3, 0.4) is 0 Å². The quantitative estimate of drug-likeness (QED) is 0.443. The summed E-state index contributed by atoms with van der Waals surface area (Å²) in [6.07, 6.45) is 5.30. The maximum absolute atomic E-state index is 13.9. The van der Waals surface area contributed by atoms with E-state index in [0.29, 0.717) is 28.4 Å². The second kappa shape index (κ2) is 9.37. The number of para-hydroxylation sites is 3. The highest BCUT2D eigenvalue weighted by Gasteiger charge is 2.10. The van der Waals surface area contributed by atoms with Gasteiger partial charge in [0.05, 0.1) is 18.5 Å². The van der Waals surface area contributed by atoms with E-state index in [4.69, 9.17) is 15.2 Å². The van der Waals surface area contributed by atoms with Crippen molar-refractivity contribution >= 4 is 23.7 Å². The van der Waals surface area contributed by atoms with E-state index in [9.17, 15) is 4.39 Å². The average Bonchev–Trinajstić information content (AvgIpc) is 2.72. The molecule has 0 saturated carbocycles. The summed E-state index contributed by atoms with van der Waals surface area (Å²) < 4.78 is 25.1. The van der Waals surface area contributed by atoms with Crippen LogP contribution < -0.4 is 15.2 Å². The first-order valence-corrected chi connectivity index (χ1v) is 8.77. The van der Waals surface area contributed by atoms with E-state index < -0.39 is 0 Å². The number of methoxy groups -OCH3 is 1. The normalized spacial score (nSPS) is 11.2. The second-order valence-electron chi connectivity index (χ2n) is 5.95. The SMILES string of the molecule is COc1cccc(/C=C/C=Nc2ccccc2N)c1OCc1ccccc1F. The number of halogens is 1. The summed E-state index contributed by atoms with van der Waals surface area (Å²) >= 11 is 0. The van der Waals surface area contributed by atoms with E-state index in [1.54, 1.807) is 49.7 Å². The Morgan fingerprint density at radius 3 is 2.57 bits per heavy atom. The molecule has 142 valence electrons. The van der Waals surface area contributed by atoms with Gasteiger partial charge in [0, 0.05) is 17.3 Å². The molecule has 2 N–H and O–H groups in total. The Hall–Kier alpha value is -3.60. The summed E-state index contributed by atoms with van der Waals surface area (Å²) in [7, 11) is 1.57. The molecule has 3 aromatic rings. The molecule has 0 spiro atoms. The molecule has 0 aromatic heterocycles. The zero-order valence-electron chi connectivity index (χ0n) is 15.5. The fourth-order valence-corrected chi connectivity index (χ4v) is 2.62. The van der Waals surface area contributed by atoms with Crippen molar-refractivity contribution in [1.29, 1.82) is 0 Å². The minimum Gasteiger partial charge on any atom is -0.493 e. The first-order valence-electron chi connectivity index (χ1n) is 8.77. The van der Waals surface area contributed by atoms with Crippen LogP contribution in [-0.4, -0.2) is 13.3 Å². The minimum atomic E-state index is -0.304. The Morgan fingerprint density at radius 2 is 1.79 bits per heavy atom. The average molecular weight is 376 g/mol. The molecule has 0 atom stereocenters. The van der Waals surface area contributed by atoms with Crippen molar-refractivity contribution in [1.82, 2.24) is 0 Å². The number of rotatable bonds is 7. The number of allylic oxidation sites excluding steroid dienone is 1. The molecule has 0 fully saturated rings. The summed E-state index contributed by atoms with van der Waals surface area (Å²) in [6.45, 7) is 0.0997. The van der Waals surface area contributed by atoms with Gasteiger partial charge < -0.3 is 15.2 Å². The number of nitrogen functional groups attached to an aromatic ring is 1. The fourth-order valence-electron chi connectivity index (χ4n) is 2.62. The van der Waals surface area contributed by atoms with Crippen LogP contribution in [0.25, 0.3) is 6.08 Å². The van der Waals surface area contributed by atoms with E-state index >= 15 is 0 Å². The van der Waals surface area contributed by atoms with Gasteiger partial charge in [0.1, 0.15) is 12.4 Å². The molecule has 0 bridgehead atoms. The van der Waals surface area contributed by atoms with E-state index in [1.807, 2.05) is 36.4 Å². The molecule has 4 nitrogen and oxygen atoms in total. The lowest BCUT2D eigenvalue weighted by molar-refractivity contribution is 0.279. The molecule has 0 saturated heterocycles. The summed E-state index contributed by atoms with van der Waals surface area (Å²) in [5.41, 5.74) is 8.46. The predicted molar refractivity (Wildman–Crippen MR) is 112 cm³/mol. The van der Waals surface area contributed by atoms with Gasteiger partial charge in [0.2, 0.25) is 0 Å². The summed E-state index contributed by atoms with van der Waals surface area (Å²) in [5.74, 6) is 0.807. The van der Waals surface area contributed by atoms with Crippen molar-refractivity contribution < 1.29 is 13.9 Å². The third-order valence-corrected chi connectivity index (χ3v) is 4.07. The van der Waals surface area contributed by atoms with Gasteiger partial charge in [-0.2, -0.15) is 0 Å². The van der Waals surface area contributed by atoms with E-state index in [0.717, 1.165) is 5.56 Å². The van der Waals surface area contributed by atoms with Gasteiger partial charge in [-0.25, -0.2) is 4.39 Å². The van der Waals surface area contributed by atoms with E-state index in [-0.39, 0.29) is 12.4 Å². The highest BCUT2D eigenvalue weighted by atomic mass is 19.1. The van der Waals surface area contributed by atoms with Crippen LogP contribution in [0.2, 0.25) is 0 Å². The molecule has 0 radical (unpaired) electrons.